The molecule has 0 saturated heterocycles. The predicted molar refractivity (Wildman–Crippen MR) is 436 cm³/mol. The van der Waals surface area contributed by atoms with Crippen molar-refractivity contribution in [2.75, 3.05) is 39.6 Å². The first-order chi connectivity index (χ1) is 51.7. The zero-order chi connectivity index (χ0) is 77.4. The van der Waals surface area contributed by atoms with Crippen molar-refractivity contribution < 1.29 is 80.2 Å². The normalized spacial score (nSPS) is 14.7. The van der Waals surface area contributed by atoms with Gasteiger partial charge in [0.25, 0.3) is 0 Å². The van der Waals surface area contributed by atoms with Crippen molar-refractivity contribution in [3.63, 3.8) is 0 Å². The Morgan fingerprint density at radius 1 is 0.274 bits per heavy atom. The summed E-state index contributed by atoms with van der Waals surface area (Å²) in [5.74, 6) is -2.28. The number of hydrogen-bond donors (Lipinski definition) is 3. The Morgan fingerprint density at radius 3 is 0.802 bits per heavy atom. The first kappa shape index (κ1) is 101. The molecule has 0 aromatic rings. The Labute approximate surface area is 642 Å². The number of carbonyl (C=O) groups is 4. The highest BCUT2D eigenvalue weighted by Gasteiger charge is 2.30. The number of esters is 4. The maximum absolute atomic E-state index is 13.1. The number of unbranched alkanes of at least 4 members (excludes halogenated alkanes) is 23. The molecule has 0 rings (SSSR count). The van der Waals surface area contributed by atoms with E-state index in [0.717, 1.165) is 199 Å². The Balaban J connectivity index is 5.43. The Morgan fingerprint density at radius 2 is 0.500 bits per heavy atom. The van der Waals surface area contributed by atoms with Crippen LogP contribution in [0.3, 0.4) is 0 Å². The van der Waals surface area contributed by atoms with Gasteiger partial charge in [0, 0.05) is 25.7 Å². The first-order valence-electron chi connectivity index (χ1n) is 40.7. The van der Waals surface area contributed by atoms with Crippen LogP contribution in [0.15, 0.2) is 158 Å². The van der Waals surface area contributed by atoms with Crippen LogP contribution in [0.2, 0.25) is 0 Å². The smallest absolute Gasteiger partial charge is 0.462 e. The molecule has 0 bridgehead atoms. The second kappa shape index (κ2) is 77.8. The quantitative estimate of drug-likeness (QED) is 0.0169. The lowest BCUT2D eigenvalue weighted by Crippen LogP contribution is -2.30. The van der Waals surface area contributed by atoms with Gasteiger partial charge in [-0.15, -0.1) is 0 Å². The summed E-state index contributed by atoms with van der Waals surface area (Å²) in [7, 11) is -9.99. The van der Waals surface area contributed by atoms with Gasteiger partial charge in [-0.1, -0.05) is 282 Å². The Bertz CT molecular complexity index is 2630. The summed E-state index contributed by atoms with van der Waals surface area (Å²) in [4.78, 5) is 73.1. The molecule has 106 heavy (non-hydrogen) atoms. The van der Waals surface area contributed by atoms with E-state index < -0.39 is 97.5 Å². The van der Waals surface area contributed by atoms with E-state index in [-0.39, 0.29) is 25.7 Å². The molecule has 0 saturated carbocycles. The monoisotopic (exact) mass is 1520 g/mol. The summed E-state index contributed by atoms with van der Waals surface area (Å²) in [6.45, 7) is 4.43. The van der Waals surface area contributed by atoms with Gasteiger partial charge in [-0.25, -0.2) is 9.13 Å². The maximum Gasteiger partial charge on any atom is 0.472 e. The Kier molecular flexibility index (Phi) is 73.9. The molecular formula is C87H144O17P2. The number of phosphoric ester groups is 2. The molecule has 0 aliphatic heterocycles. The lowest BCUT2D eigenvalue weighted by molar-refractivity contribution is -0.161. The lowest BCUT2D eigenvalue weighted by Gasteiger charge is -2.21. The molecule has 19 heteroatoms. The summed E-state index contributed by atoms with van der Waals surface area (Å²) >= 11 is 0. The summed E-state index contributed by atoms with van der Waals surface area (Å²) in [6.07, 6.45) is 90.8. The predicted octanol–water partition coefficient (Wildman–Crippen LogP) is 24.0. The first-order valence-corrected chi connectivity index (χ1v) is 43.7. The van der Waals surface area contributed by atoms with Crippen LogP contribution in [0.4, 0.5) is 0 Å². The van der Waals surface area contributed by atoms with Crippen molar-refractivity contribution in [1.29, 1.82) is 0 Å². The second-order valence-corrected chi connectivity index (χ2v) is 29.5. The lowest BCUT2D eigenvalue weighted by atomic mass is 10.1. The number of ether oxygens (including phenoxy) is 4. The topological polar surface area (TPSA) is 237 Å². The molecule has 604 valence electrons. The molecule has 0 aromatic carbocycles. The molecule has 5 unspecified atom stereocenters. The highest BCUT2D eigenvalue weighted by Crippen LogP contribution is 2.45. The van der Waals surface area contributed by atoms with E-state index in [9.17, 15) is 43.2 Å². The Hall–Kier alpha value is -5.32. The maximum atomic E-state index is 13.1. The van der Waals surface area contributed by atoms with Crippen LogP contribution in [-0.2, 0) is 65.4 Å². The van der Waals surface area contributed by atoms with Gasteiger partial charge in [0.15, 0.2) is 12.2 Å². The van der Waals surface area contributed by atoms with Crippen LogP contribution in [-0.4, -0.2) is 96.7 Å². The molecule has 0 spiro atoms. The van der Waals surface area contributed by atoms with Gasteiger partial charge >= 0.3 is 39.5 Å². The fraction of sp³-hybridized carbons (Fsp3) is 0.655. The van der Waals surface area contributed by atoms with Gasteiger partial charge in [-0.05, 0) is 161 Å². The summed E-state index contributed by atoms with van der Waals surface area (Å²) < 4.78 is 68.6. The van der Waals surface area contributed by atoms with E-state index in [2.05, 4.69) is 174 Å². The van der Waals surface area contributed by atoms with Crippen molar-refractivity contribution >= 4 is 39.5 Å². The van der Waals surface area contributed by atoms with Gasteiger partial charge in [0.05, 0.1) is 26.4 Å². The molecule has 0 amide bonds. The zero-order valence-corrected chi connectivity index (χ0v) is 67.8. The molecule has 0 heterocycles. The summed E-state index contributed by atoms with van der Waals surface area (Å²) in [5, 5.41) is 10.7. The summed E-state index contributed by atoms with van der Waals surface area (Å²) in [5.41, 5.74) is 0. The number of allylic oxidation sites excluding steroid dienone is 26. The minimum atomic E-state index is -5.00. The van der Waals surface area contributed by atoms with Crippen LogP contribution in [0.5, 0.6) is 0 Å². The average molecular weight is 1520 g/mol. The van der Waals surface area contributed by atoms with Gasteiger partial charge in [0.2, 0.25) is 0 Å². The molecule has 5 atom stereocenters. The number of carbonyl (C=O) groups excluding carboxylic acids is 4. The van der Waals surface area contributed by atoms with Gasteiger partial charge in [-0.2, -0.15) is 0 Å². The zero-order valence-electron chi connectivity index (χ0n) is 66.1. The molecule has 3 N–H and O–H groups in total. The summed E-state index contributed by atoms with van der Waals surface area (Å²) in [6, 6.07) is 0. The van der Waals surface area contributed by atoms with Gasteiger partial charge < -0.3 is 33.8 Å². The molecule has 0 radical (unpaired) electrons. The fourth-order valence-corrected chi connectivity index (χ4v) is 12.0. The van der Waals surface area contributed by atoms with E-state index in [0.29, 0.717) is 32.1 Å². The largest absolute Gasteiger partial charge is 0.472 e. The van der Waals surface area contributed by atoms with E-state index in [1.54, 1.807) is 0 Å². The minimum absolute atomic E-state index is 0.0664. The van der Waals surface area contributed by atoms with Crippen molar-refractivity contribution in [1.82, 2.24) is 0 Å². The second-order valence-electron chi connectivity index (χ2n) is 26.6. The van der Waals surface area contributed by atoms with E-state index in [4.69, 9.17) is 37.0 Å². The number of aliphatic hydroxyl groups is 1. The SMILES string of the molecule is CC/C=C\C/C=C\C/C=C\C/C=C\C/C=C\CCCC(=O)OCC(COP(=O)(O)OCC(O)COP(=O)(O)OCC(COC(=O)CCCCCCCC/C=C\C/C=C\C/C=C\C/C=C\CC)OC(=O)CCCCCCC/C=C\CCCCCC)OC(=O)CCCCCCCCC/C=C\C/C=C\C/C=C\CC. The van der Waals surface area contributed by atoms with Crippen molar-refractivity contribution in [2.45, 2.75) is 329 Å². The van der Waals surface area contributed by atoms with Crippen LogP contribution in [0.25, 0.3) is 0 Å². The standard InChI is InChI=1S/C87H144O17P2/c1-5-9-13-17-21-25-29-33-36-39-40-43-45-49-52-56-60-64-68-72-85(90)97-77-82(103-86(91)73-69-65-61-57-53-47-32-28-24-20-16-12-8-4)79-101-105(93,94)99-75-81(88)76-100-106(95,96)102-80-83(104-87(92)74-70-66-62-58-54-50-46-42-38-35-31-27-23-19-15-11-7-3)78-98-84(89)71-67-63-59-55-51-48-44-41-37-34-30-26-22-18-14-10-6-2/h9-11,13-15,21-23,25-28,32-38,40,43-44,48,55,59,81-83,88H,5-8,12,16-20,24,29-31,39,41-42,45-47,49-54,56-58,60-80H2,1-4H3,(H,93,94)(H,95,96)/b13-9-,14-10-,15-11-,25-21-,26-22-,27-23-,32-28-,36-33-,37-34-,38-35-,43-40-,48-44-,59-55-. The van der Waals surface area contributed by atoms with Crippen molar-refractivity contribution in [2.24, 2.45) is 0 Å². The van der Waals surface area contributed by atoms with Crippen LogP contribution < -0.4 is 0 Å². The highest BCUT2D eigenvalue weighted by molar-refractivity contribution is 7.47. The van der Waals surface area contributed by atoms with E-state index in [1.165, 1.54) is 25.7 Å². The third-order valence-electron chi connectivity index (χ3n) is 16.5. The van der Waals surface area contributed by atoms with E-state index >= 15 is 0 Å². The van der Waals surface area contributed by atoms with E-state index in [1.807, 2.05) is 12.2 Å². The third-order valence-corrected chi connectivity index (χ3v) is 18.4. The number of phosphoric acid groups is 2. The van der Waals surface area contributed by atoms with Crippen LogP contribution in [0, 0.1) is 0 Å². The molecule has 0 aromatic heterocycles. The number of hydrogen-bond acceptors (Lipinski definition) is 15. The number of rotatable bonds is 75. The van der Waals surface area contributed by atoms with Crippen molar-refractivity contribution in [3.05, 3.63) is 158 Å². The molecule has 0 aliphatic rings. The average Bonchev–Trinajstić information content (AvgIpc) is 0.902. The van der Waals surface area contributed by atoms with Crippen molar-refractivity contribution in [3.8, 4) is 0 Å². The fourth-order valence-electron chi connectivity index (χ4n) is 10.4. The minimum Gasteiger partial charge on any atom is -0.462 e. The molecule has 0 aliphatic carbocycles. The van der Waals surface area contributed by atoms with Gasteiger partial charge in [0.1, 0.15) is 19.3 Å². The molecule has 0 fully saturated rings. The molecule has 17 nitrogen and oxygen atoms in total. The van der Waals surface area contributed by atoms with Gasteiger partial charge in [-0.3, -0.25) is 37.3 Å². The number of aliphatic hydroxyl groups excluding tert-OH is 1. The van der Waals surface area contributed by atoms with Crippen LogP contribution >= 0.6 is 15.6 Å². The van der Waals surface area contributed by atoms with Crippen LogP contribution in [0.1, 0.15) is 310 Å². The molecular weight excluding hydrogens is 1380 g/mol. The highest BCUT2D eigenvalue weighted by atomic mass is 31.2. The third kappa shape index (κ3) is 76.9.